The fraction of sp³-hybridized carbons (Fsp3) is 0.360. The number of carbonyl (C=O) groups excluding carboxylic acids is 1. The molecule has 178 valence electrons. The lowest BCUT2D eigenvalue weighted by molar-refractivity contribution is -0.137. The van der Waals surface area contributed by atoms with Gasteiger partial charge in [0.25, 0.3) is 0 Å². The van der Waals surface area contributed by atoms with Crippen LogP contribution in [0.4, 0.5) is 5.69 Å². The summed E-state index contributed by atoms with van der Waals surface area (Å²) in [5, 5.41) is 12.2. The molecule has 33 heavy (non-hydrogen) atoms. The topological polar surface area (TPSA) is 84.9 Å². The average molecular weight is 494 g/mol. The first-order valence-electron chi connectivity index (χ1n) is 10.9. The molecule has 2 rings (SSSR count). The van der Waals surface area contributed by atoms with Crippen LogP contribution in [0.1, 0.15) is 51.5 Å². The summed E-state index contributed by atoms with van der Waals surface area (Å²) in [6.07, 6.45) is 4.94. The van der Waals surface area contributed by atoms with Gasteiger partial charge in [-0.05, 0) is 55.2 Å². The van der Waals surface area contributed by atoms with Crippen molar-refractivity contribution < 1.29 is 24.2 Å². The molecule has 0 aromatic heterocycles. The third-order valence-electron chi connectivity index (χ3n) is 4.76. The Morgan fingerprint density at radius 1 is 0.970 bits per heavy atom. The van der Waals surface area contributed by atoms with Crippen molar-refractivity contribution in [3.63, 3.8) is 0 Å². The van der Waals surface area contributed by atoms with E-state index in [1.54, 1.807) is 43.3 Å². The maximum Gasteiger partial charge on any atom is 0.303 e. The number of unbranched alkanes of at least 4 members (excludes halogenated alkanes) is 2. The highest BCUT2D eigenvalue weighted by atomic mass is 35.5. The summed E-state index contributed by atoms with van der Waals surface area (Å²) in [5.41, 5.74) is 1.76. The zero-order chi connectivity index (χ0) is 24.2. The van der Waals surface area contributed by atoms with E-state index in [9.17, 15) is 9.59 Å². The van der Waals surface area contributed by atoms with E-state index in [1.807, 2.05) is 0 Å². The van der Waals surface area contributed by atoms with Gasteiger partial charge in [-0.25, -0.2) is 0 Å². The second-order valence-electron chi connectivity index (χ2n) is 7.45. The van der Waals surface area contributed by atoms with Crippen molar-refractivity contribution in [2.75, 3.05) is 18.5 Å². The molecule has 0 aliphatic rings. The van der Waals surface area contributed by atoms with E-state index in [2.05, 4.69) is 12.2 Å². The molecule has 0 aliphatic carbocycles. The van der Waals surface area contributed by atoms with Gasteiger partial charge in [0.05, 0.1) is 23.9 Å². The Balaban J connectivity index is 2.06. The van der Waals surface area contributed by atoms with E-state index in [1.165, 1.54) is 6.08 Å². The predicted molar refractivity (Wildman–Crippen MR) is 133 cm³/mol. The first kappa shape index (κ1) is 26.6. The van der Waals surface area contributed by atoms with Crippen molar-refractivity contribution in [1.29, 1.82) is 0 Å². The summed E-state index contributed by atoms with van der Waals surface area (Å²) < 4.78 is 11.3. The lowest BCUT2D eigenvalue weighted by Crippen LogP contribution is -2.11. The van der Waals surface area contributed by atoms with Crippen LogP contribution in [0.3, 0.4) is 0 Å². The van der Waals surface area contributed by atoms with E-state index in [0.29, 0.717) is 51.4 Å². The maximum absolute atomic E-state index is 12.6. The number of para-hydroxylation sites is 2. The van der Waals surface area contributed by atoms with Crippen LogP contribution in [-0.4, -0.2) is 30.2 Å². The molecule has 0 bridgehead atoms. The van der Waals surface area contributed by atoms with Crippen molar-refractivity contribution in [3.05, 3.63) is 58.1 Å². The highest BCUT2D eigenvalue weighted by molar-refractivity contribution is 6.44. The van der Waals surface area contributed by atoms with Gasteiger partial charge in [0.2, 0.25) is 5.91 Å². The molecule has 2 aromatic carbocycles. The molecule has 6 nitrogen and oxygen atoms in total. The zero-order valence-corrected chi connectivity index (χ0v) is 20.3. The Morgan fingerprint density at radius 2 is 1.67 bits per heavy atom. The number of aliphatic carboxylic acids is 1. The number of hydrogen-bond acceptors (Lipinski definition) is 4. The van der Waals surface area contributed by atoms with Crippen LogP contribution in [-0.2, 0) is 9.59 Å². The van der Waals surface area contributed by atoms with Gasteiger partial charge in [-0.2, -0.15) is 0 Å². The molecule has 0 atom stereocenters. The first-order chi connectivity index (χ1) is 15.8. The van der Waals surface area contributed by atoms with Gasteiger partial charge >= 0.3 is 5.97 Å². The normalized spacial score (nSPS) is 11.2. The summed E-state index contributed by atoms with van der Waals surface area (Å²) in [4.78, 5) is 23.2. The molecule has 0 saturated heterocycles. The number of ether oxygens (including phenoxy) is 2. The molecule has 2 N–H and O–H groups in total. The summed E-state index contributed by atoms with van der Waals surface area (Å²) in [5.74, 6) is -0.252. The van der Waals surface area contributed by atoms with Gasteiger partial charge in [-0.3, -0.25) is 9.59 Å². The minimum Gasteiger partial charge on any atom is -0.492 e. The molecule has 0 spiro atoms. The van der Waals surface area contributed by atoms with Crippen molar-refractivity contribution in [2.45, 2.75) is 46.0 Å². The van der Waals surface area contributed by atoms with Gasteiger partial charge in [-0.15, -0.1) is 0 Å². The van der Waals surface area contributed by atoms with E-state index in [0.717, 1.165) is 19.3 Å². The summed E-state index contributed by atoms with van der Waals surface area (Å²) in [7, 11) is 0. The van der Waals surface area contributed by atoms with Crippen LogP contribution < -0.4 is 14.8 Å². The fourth-order valence-electron chi connectivity index (χ4n) is 3.03. The van der Waals surface area contributed by atoms with Crippen molar-refractivity contribution >= 4 is 46.3 Å². The third kappa shape index (κ3) is 8.63. The number of rotatable bonds is 13. The van der Waals surface area contributed by atoms with Crippen LogP contribution in [0, 0.1) is 0 Å². The number of halogens is 2. The Labute approximate surface area is 204 Å². The zero-order valence-electron chi connectivity index (χ0n) is 18.8. The van der Waals surface area contributed by atoms with E-state index in [4.69, 9.17) is 37.8 Å². The lowest BCUT2D eigenvalue weighted by Gasteiger charge is -2.13. The Hall–Kier alpha value is -2.70. The molecule has 0 heterocycles. The predicted octanol–water partition coefficient (Wildman–Crippen LogP) is 6.85. The molecular weight excluding hydrogens is 465 g/mol. The van der Waals surface area contributed by atoms with Crippen LogP contribution in [0.2, 0.25) is 10.0 Å². The van der Waals surface area contributed by atoms with Gasteiger partial charge in [-0.1, -0.05) is 55.1 Å². The number of anilines is 1. The van der Waals surface area contributed by atoms with Crippen LogP contribution in [0.5, 0.6) is 11.5 Å². The van der Waals surface area contributed by atoms with E-state index < -0.39 is 5.97 Å². The standard InChI is InChI=1S/C25H29Cl2NO5/c1-3-4-7-14-33-21-13-12-18(24(26)25(21)27)17(2)16-22(29)28-19-9-5-6-10-20(19)32-15-8-11-23(30)31/h5-6,9-10,12-13,16H,3-4,7-8,11,14-15H2,1-2H3,(H,28,29)(H,30,31). The average Bonchev–Trinajstić information content (AvgIpc) is 2.77. The Kier molecular flexibility index (Phi) is 11.1. The molecule has 0 aliphatic heterocycles. The molecule has 0 saturated carbocycles. The number of hydrogen-bond donors (Lipinski definition) is 2. The van der Waals surface area contributed by atoms with Crippen LogP contribution in [0.15, 0.2) is 42.5 Å². The molecule has 2 aromatic rings. The second kappa shape index (κ2) is 13.8. The smallest absolute Gasteiger partial charge is 0.303 e. The van der Waals surface area contributed by atoms with E-state index in [-0.39, 0.29) is 18.9 Å². The molecule has 0 radical (unpaired) electrons. The van der Waals surface area contributed by atoms with Gasteiger partial charge in [0, 0.05) is 12.5 Å². The molecule has 1 amide bonds. The lowest BCUT2D eigenvalue weighted by atomic mass is 10.1. The largest absolute Gasteiger partial charge is 0.492 e. The quantitative estimate of drug-likeness (QED) is 0.235. The minimum atomic E-state index is -0.879. The maximum atomic E-state index is 12.6. The SMILES string of the molecule is CCCCCOc1ccc(C(C)=CC(=O)Nc2ccccc2OCCCC(=O)O)c(Cl)c1Cl. The second-order valence-corrected chi connectivity index (χ2v) is 8.21. The number of nitrogens with one attached hydrogen (secondary N) is 1. The summed E-state index contributed by atoms with van der Waals surface area (Å²) in [6, 6.07) is 10.5. The fourth-order valence-corrected chi connectivity index (χ4v) is 3.55. The molecule has 0 unspecified atom stereocenters. The minimum absolute atomic E-state index is 0.0162. The summed E-state index contributed by atoms with van der Waals surface area (Å²) >= 11 is 12.8. The van der Waals surface area contributed by atoms with E-state index >= 15 is 0 Å². The first-order valence-corrected chi connectivity index (χ1v) is 11.6. The number of carboxylic acids is 1. The Morgan fingerprint density at radius 3 is 2.39 bits per heavy atom. The van der Waals surface area contributed by atoms with Crippen molar-refractivity contribution in [1.82, 2.24) is 0 Å². The van der Waals surface area contributed by atoms with Crippen molar-refractivity contribution in [2.24, 2.45) is 0 Å². The van der Waals surface area contributed by atoms with Crippen LogP contribution in [0.25, 0.3) is 5.57 Å². The number of carboxylic acid groups (broad SMARTS) is 1. The Bertz CT molecular complexity index is 991. The summed E-state index contributed by atoms with van der Waals surface area (Å²) in [6.45, 7) is 4.69. The molecule has 0 fully saturated rings. The highest BCUT2D eigenvalue weighted by Gasteiger charge is 2.14. The number of allylic oxidation sites excluding steroid dienone is 1. The van der Waals surface area contributed by atoms with Gasteiger partial charge in [0.1, 0.15) is 16.5 Å². The molecular formula is C25H29Cl2NO5. The van der Waals surface area contributed by atoms with Crippen LogP contribution >= 0.6 is 23.2 Å². The van der Waals surface area contributed by atoms with Gasteiger partial charge < -0.3 is 19.9 Å². The number of benzene rings is 2. The number of amides is 1. The van der Waals surface area contributed by atoms with Crippen molar-refractivity contribution in [3.8, 4) is 11.5 Å². The monoisotopic (exact) mass is 493 g/mol. The van der Waals surface area contributed by atoms with Gasteiger partial charge in [0.15, 0.2) is 0 Å². The number of carbonyl (C=O) groups is 2. The third-order valence-corrected chi connectivity index (χ3v) is 5.63. The molecule has 8 heteroatoms. The highest BCUT2D eigenvalue weighted by Crippen LogP contribution is 2.37.